The minimum absolute atomic E-state index is 0.201. The molecular formula is C12H25NO2. The summed E-state index contributed by atoms with van der Waals surface area (Å²) >= 11 is 0. The van der Waals surface area contributed by atoms with E-state index < -0.39 is 0 Å². The Hall–Kier alpha value is -0.120. The first-order chi connectivity index (χ1) is 6.99. The van der Waals surface area contributed by atoms with Crippen molar-refractivity contribution in [1.29, 1.82) is 0 Å². The molecule has 1 heterocycles. The highest BCUT2D eigenvalue weighted by Crippen LogP contribution is 2.18. The predicted molar refractivity (Wildman–Crippen MR) is 62.1 cm³/mol. The van der Waals surface area contributed by atoms with Gasteiger partial charge in [0.2, 0.25) is 0 Å². The van der Waals surface area contributed by atoms with Gasteiger partial charge in [-0.15, -0.1) is 0 Å². The van der Waals surface area contributed by atoms with Gasteiger partial charge in [0.05, 0.1) is 19.3 Å². The summed E-state index contributed by atoms with van der Waals surface area (Å²) in [4.78, 5) is 0. The molecule has 0 saturated carbocycles. The average molecular weight is 215 g/mol. The van der Waals surface area contributed by atoms with Gasteiger partial charge in [-0.25, -0.2) is 0 Å². The Morgan fingerprint density at radius 2 is 2.20 bits per heavy atom. The van der Waals surface area contributed by atoms with Crippen LogP contribution in [0.3, 0.4) is 0 Å². The molecule has 1 rings (SSSR count). The highest BCUT2D eigenvalue weighted by Gasteiger charge is 2.23. The predicted octanol–water partition coefficient (Wildman–Crippen LogP) is 1.82. The zero-order valence-electron chi connectivity index (χ0n) is 10.5. The van der Waals surface area contributed by atoms with Gasteiger partial charge in [0.25, 0.3) is 0 Å². The molecule has 3 nitrogen and oxygen atoms in total. The van der Waals surface area contributed by atoms with E-state index in [1.165, 1.54) is 0 Å². The molecule has 0 bridgehead atoms. The Balaban J connectivity index is 2.16. The van der Waals surface area contributed by atoms with Crippen LogP contribution in [0, 0.1) is 5.41 Å². The van der Waals surface area contributed by atoms with E-state index in [9.17, 15) is 0 Å². The molecule has 1 aliphatic heterocycles. The molecule has 0 aromatic rings. The largest absolute Gasteiger partial charge is 0.379 e. The van der Waals surface area contributed by atoms with Gasteiger partial charge in [-0.3, -0.25) is 0 Å². The molecule has 0 aliphatic carbocycles. The van der Waals surface area contributed by atoms with Crippen molar-refractivity contribution in [2.24, 2.45) is 5.41 Å². The molecule has 15 heavy (non-hydrogen) atoms. The highest BCUT2D eigenvalue weighted by atomic mass is 16.5. The third-order valence-electron chi connectivity index (χ3n) is 2.59. The zero-order chi connectivity index (χ0) is 11.3. The van der Waals surface area contributed by atoms with Crippen molar-refractivity contribution in [3.63, 3.8) is 0 Å². The van der Waals surface area contributed by atoms with Crippen molar-refractivity contribution < 1.29 is 9.47 Å². The fourth-order valence-corrected chi connectivity index (χ4v) is 1.52. The summed E-state index contributed by atoms with van der Waals surface area (Å²) in [5.74, 6) is 0. The minimum atomic E-state index is 0.201. The second kappa shape index (κ2) is 5.83. The molecule has 0 aromatic heterocycles. The first-order valence-electron chi connectivity index (χ1n) is 5.92. The average Bonchev–Trinajstić information content (AvgIpc) is 2.65. The van der Waals surface area contributed by atoms with Crippen molar-refractivity contribution in [3.05, 3.63) is 0 Å². The SMILES string of the molecule is CC(C)NCC(C)(C)COC1CCOC1. The maximum Gasteiger partial charge on any atom is 0.0830 e. The summed E-state index contributed by atoms with van der Waals surface area (Å²) < 4.78 is 11.1. The van der Waals surface area contributed by atoms with Gasteiger partial charge in [0.1, 0.15) is 0 Å². The summed E-state index contributed by atoms with van der Waals surface area (Å²) in [6.07, 6.45) is 1.37. The summed E-state index contributed by atoms with van der Waals surface area (Å²) in [6.45, 7) is 12.2. The molecule has 0 spiro atoms. The summed E-state index contributed by atoms with van der Waals surface area (Å²) in [5, 5.41) is 3.45. The molecular weight excluding hydrogens is 190 g/mol. The molecule has 0 radical (unpaired) electrons. The van der Waals surface area contributed by atoms with Crippen LogP contribution in [0.4, 0.5) is 0 Å². The van der Waals surface area contributed by atoms with Gasteiger partial charge in [-0.2, -0.15) is 0 Å². The number of rotatable bonds is 6. The molecule has 1 fully saturated rings. The summed E-state index contributed by atoms with van der Waals surface area (Å²) in [5.41, 5.74) is 0.201. The maximum absolute atomic E-state index is 5.84. The summed E-state index contributed by atoms with van der Waals surface area (Å²) in [6, 6.07) is 0.541. The lowest BCUT2D eigenvalue weighted by atomic mass is 9.94. The fourth-order valence-electron chi connectivity index (χ4n) is 1.52. The van der Waals surface area contributed by atoms with Gasteiger partial charge < -0.3 is 14.8 Å². The van der Waals surface area contributed by atoms with Crippen molar-refractivity contribution in [3.8, 4) is 0 Å². The van der Waals surface area contributed by atoms with E-state index in [-0.39, 0.29) is 5.41 Å². The van der Waals surface area contributed by atoms with Gasteiger partial charge >= 0.3 is 0 Å². The first-order valence-corrected chi connectivity index (χ1v) is 5.92. The van der Waals surface area contributed by atoms with E-state index in [0.717, 1.165) is 32.8 Å². The molecule has 1 unspecified atom stereocenters. The highest BCUT2D eigenvalue weighted by molar-refractivity contribution is 4.74. The topological polar surface area (TPSA) is 30.5 Å². The Bertz CT molecular complexity index is 174. The van der Waals surface area contributed by atoms with Crippen LogP contribution in [0.2, 0.25) is 0 Å². The fraction of sp³-hybridized carbons (Fsp3) is 1.00. The third-order valence-corrected chi connectivity index (χ3v) is 2.59. The molecule has 0 aromatic carbocycles. The standard InChI is InChI=1S/C12H25NO2/c1-10(2)13-8-12(3,4)9-15-11-5-6-14-7-11/h10-11,13H,5-9H2,1-4H3. The van der Waals surface area contributed by atoms with E-state index in [1.807, 2.05) is 0 Å². The van der Waals surface area contributed by atoms with Gasteiger partial charge in [-0.1, -0.05) is 27.7 Å². The molecule has 3 heteroatoms. The third kappa shape index (κ3) is 5.50. The zero-order valence-corrected chi connectivity index (χ0v) is 10.5. The van der Waals surface area contributed by atoms with Crippen LogP contribution >= 0.6 is 0 Å². The van der Waals surface area contributed by atoms with Crippen molar-refractivity contribution in [1.82, 2.24) is 5.32 Å². The number of hydrogen-bond donors (Lipinski definition) is 1. The molecule has 0 amide bonds. The van der Waals surface area contributed by atoms with Crippen molar-refractivity contribution in [2.45, 2.75) is 46.3 Å². The Morgan fingerprint density at radius 1 is 1.47 bits per heavy atom. The Labute approximate surface area is 93.5 Å². The number of ether oxygens (including phenoxy) is 2. The molecule has 90 valence electrons. The number of hydrogen-bond acceptors (Lipinski definition) is 3. The Kier molecular flexibility index (Phi) is 5.03. The second-order valence-electron chi connectivity index (χ2n) is 5.50. The van der Waals surface area contributed by atoms with Gasteiger partial charge in [-0.05, 0) is 6.42 Å². The first kappa shape index (κ1) is 12.9. The second-order valence-corrected chi connectivity index (χ2v) is 5.50. The van der Waals surface area contributed by atoms with Crippen LogP contribution in [0.25, 0.3) is 0 Å². The maximum atomic E-state index is 5.84. The molecule has 1 aliphatic rings. The lowest BCUT2D eigenvalue weighted by molar-refractivity contribution is -0.00170. The lowest BCUT2D eigenvalue weighted by Crippen LogP contribution is -2.37. The summed E-state index contributed by atoms with van der Waals surface area (Å²) in [7, 11) is 0. The van der Waals surface area contributed by atoms with Gasteiger partial charge in [0.15, 0.2) is 0 Å². The van der Waals surface area contributed by atoms with E-state index in [1.54, 1.807) is 0 Å². The van der Waals surface area contributed by atoms with E-state index in [0.29, 0.717) is 12.1 Å². The molecule has 1 saturated heterocycles. The van der Waals surface area contributed by atoms with Crippen LogP contribution in [-0.4, -0.2) is 38.5 Å². The quantitative estimate of drug-likeness (QED) is 0.733. The van der Waals surface area contributed by atoms with E-state index >= 15 is 0 Å². The van der Waals surface area contributed by atoms with Crippen LogP contribution < -0.4 is 5.32 Å². The van der Waals surface area contributed by atoms with Crippen LogP contribution in [0.5, 0.6) is 0 Å². The van der Waals surface area contributed by atoms with Crippen molar-refractivity contribution >= 4 is 0 Å². The lowest BCUT2D eigenvalue weighted by Gasteiger charge is -2.27. The Morgan fingerprint density at radius 3 is 2.73 bits per heavy atom. The molecule has 1 atom stereocenters. The van der Waals surface area contributed by atoms with E-state index in [4.69, 9.17) is 9.47 Å². The smallest absolute Gasteiger partial charge is 0.0830 e. The van der Waals surface area contributed by atoms with E-state index in [2.05, 4.69) is 33.0 Å². The van der Waals surface area contributed by atoms with Crippen molar-refractivity contribution in [2.75, 3.05) is 26.4 Å². The number of nitrogens with one attached hydrogen (secondary N) is 1. The van der Waals surface area contributed by atoms with Crippen LogP contribution in [0.15, 0.2) is 0 Å². The normalized spacial score (nSPS) is 22.6. The minimum Gasteiger partial charge on any atom is -0.379 e. The monoisotopic (exact) mass is 215 g/mol. The van der Waals surface area contributed by atoms with Crippen LogP contribution in [-0.2, 0) is 9.47 Å². The van der Waals surface area contributed by atoms with Crippen LogP contribution in [0.1, 0.15) is 34.1 Å². The van der Waals surface area contributed by atoms with Gasteiger partial charge in [0, 0.05) is 24.6 Å². The molecule has 1 N–H and O–H groups in total.